The van der Waals surface area contributed by atoms with E-state index in [0.717, 1.165) is 17.1 Å². The maximum atomic E-state index is 2.48. The van der Waals surface area contributed by atoms with Crippen molar-refractivity contribution in [3.05, 3.63) is 317 Å². The summed E-state index contributed by atoms with van der Waals surface area (Å²) in [7, 11) is 0. The second kappa shape index (κ2) is 16.0. The molecule has 0 atom stereocenters. The normalized spacial score (nSPS) is 13.7. The standard InChI is InChI=1S/C68H45NS/c1-4-20-48(21-5-1)67(61-31-14-10-27-55(61)56-28-11-15-32-62(56)67)51-36-38-52(39-37-51)69(53-26-18-19-46(43-53)47-35-42-66-60(44-47)59-30-13-17-34-65(59)70-66)54-40-41-58-57-29-12-16-33-63(57)68(64(58)45-54,49-22-6-2-7-23-49)50-24-8-3-9-25-50/h1-45H. The van der Waals surface area contributed by atoms with Crippen molar-refractivity contribution in [3.63, 3.8) is 0 Å². The Morgan fingerprint density at radius 2 is 0.700 bits per heavy atom. The molecule has 328 valence electrons. The van der Waals surface area contributed by atoms with Gasteiger partial charge in [-0.3, -0.25) is 0 Å². The largest absolute Gasteiger partial charge is 0.310 e. The summed E-state index contributed by atoms with van der Waals surface area (Å²) >= 11 is 1.86. The third-order valence-corrected chi connectivity index (χ3v) is 16.4. The second-order valence-electron chi connectivity index (χ2n) is 18.7. The van der Waals surface area contributed by atoms with Gasteiger partial charge in [0.15, 0.2) is 0 Å². The SMILES string of the molecule is c1ccc(C2(c3ccc(N(c4cccc(-c5ccc6sc7ccccc7c6c5)c4)c4ccc5c(c4)C(c4ccccc4)(c4ccccc4)c4ccccc4-5)cc3)c3ccccc3-c3ccccc32)cc1. The predicted octanol–water partition coefficient (Wildman–Crippen LogP) is 17.9. The van der Waals surface area contributed by atoms with Crippen LogP contribution in [0.3, 0.4) is 0 Å². The summed E-state index contributed by atoms with van der Waals surface area (Å²) < 4.78 is 2.63. The topological polar surface area (TPSA) is 3.24 Å². The summed E-state index contributed by atoms with van der Waals surface area (Å²) in [6.45, 7) is 0. The smallest absolute Gasteiger partial charge is 0.0714 e. The molecule has 0 saturated heterocycles. The van der Waals surface area contributed by atoms with Crippen molar-refractivity contribution >= 4 is 48.6 Å². The fourth-order valence-corrected chi connectivity index (χ4v) is 13.4. The molecule has 1 aromatic heterocycles. The Labute approximate surface area is 412 Å². The van der Waals surface area contributed by atoms with E-state index in [2.05, 4.69) is 278 Å². The fraction of sp³-hybridized carbons (Fsp3) is 0.0294. The van der Waals surface area contributed by atoms with E-state index in [-0.39, 0.29) is 0 Å². The number of rotatable bonds is 8. The number of benzene rings is 11. The molecule has 1 nitrogen and oxygen atoms in total. The number of hydrogen-bond donors (Lipinski definition) is 0. The van der Waals surface area contributed by atoms with Crippen LogP contribution in [0.15, 0.2) is 273 Å². The van der Waals surface area contributed by atoms with Crippen LogP contribution in [0.1, 0.15) is 44.5 Å². The molecular weight excluding hydrogens is 863 g/mol. The van der Waals surface area contributed by atoms with E-state index in [0.29, 0.717) is 0 Å². The Kier molecular flexibility index (Phi) is 9.27. The first-order chi connectivity index (χ1) is 34.7. The average molecular weight is 908 g/mol. The molecule has 2 aliphatic carbocycles. The first-order valence-electron chi connectivity index (χ1n) is 24.2. The van der Waals surface area contributed by atoms with Gasteiger partial charge in [-0.1, -0.05) is 218 Å². The predicted molar refractivity (Wildman–Crippen MR) is 294 cm³/mol. The molecule has 0 fully saturated rings. The van der Waals surface area contributed by atoms with Gasteiger partial charge in [-0.15, -0.1) is 11.3 Å². The number of fused-ring (bicyclic) bond motifs is 9. The Morgan fingerprint density at radius 3 is 1.30 bits per heavy atom. The lowest BCUT2D eigenvalue weighted by molar-refractivity contribution is 0.768. The number of thiophene rings is 1. The molecule has 70 heavy (non-hydrogen) atoms. The highest BCUT2D eigenvalue weighted by molar-refractivity contribution is 7.25. The zero-order chi connectivity index (χ0) is 46.2. The van der Waals surface area contributed by atoms with Crippen LogP contribution < -0.4 is 4.90 Å². The van der Waals surface area contributed by atoms with Crippen LogP contribution >= 0.6 is 11.3 Å². The molecule has 0 amide bonds. The highest BCUT2D eigenvalue weighted by Crippen LogP contribution is 2.59. The van der Waals surface area contributed by atoms with Gasteiger partial charge in [-0.2, -0.15) is 0 Å². The van der Waals surface area contributed by atoms with Crippen molar-refractivity contribution in [1.29, 1.82) is 0 Å². The van der Waals surface area contributed by atoms with Crippen LogP contribution in [-0.4, -0.2) is 0 Å². The Morgan fingerprint density at radius 1 is 0.257 bits per heavy atom. The zero-order valence-electron chi connectivity index (χ0n) is 38.3. The molecule has 12 aromatic rings. The lowest BCUT2D eigenvalue weighted by Gasteiger charge is -2.35. The minimum atomic E-state index is -0.536. The van der Waals surface area contributed by atoms with Crippen LogP contribution in [0.5, 0.6) is 0 Å². The number of hydrogen-bond acceptors (Lipinski definition) is 2. The highest BCUT2D eigenvalue weighted by atomic mass is 32.1. The molecule has 14 rings (SSSR count). The van der Waals surface area contributed by atoms with E-state index < -0.39 is 10.8 Å². The summed E-state index contributed by atoms with van der Waals surface area (Å²) in [5.74, 6) is 0. The maximum Gasteiger partial charge on any atom is 0.0714 e. The molecule has 0 aliphatic heterocycles. The fourth-order valence-electron chi connectivity index (χ4n) is 12.3. The Hall–Kier alpha value is -8.56. The summed E-state index contributed by atoms with van der Waals surface area (Å²) in [6, 6.07) is 102. The van der Waals surface area contributed by atoms with E-state index in [4.69, 9.17) is 0 Å². The van der Waals surface area contributed by atoms with E-state index in [1.165, 1.54) is 98.1 Å². The van der Waals surface area contributed by atoms with E-state index in [1.807, 2.05) is 11.3 Å². The Balaban J connectivity index is 0.992. The minimum Gasteiger partial charge on any atom is -0.310 e. The monoisotopic (exact) mass is 907 g/mol. The van der Waals surface area contributed by atoms with E-state index in [9.17, 15) is 0 Å². The number of anilines is 3. The van der Waals surface area contributed by atoms with Gasteiger partial charge in [-0.25, -0.2) is 0 Å². The first-order valence-corrected chi connectivity index (χ1v) is 25.1. The summed E-state index contributed by atoms with van der Waals surface area (Å²) in [4.78, 5) is 2.47. The molecule has 2 aliphatic rings. The van der Waals surface area contributed by atoms with Crippen molar-refractivity contribution < 1.29 is 0 Å². The van der Waals surface area contributed by atoms with Crippen LogP contribution in [-0.2, 0) is 10.8 Å². The molecule has 0 spiro atoms. The molecule has 2 heteroatoms. The molecule has 0 radical (unpaired) electrons. The first kappa shape index (κ1) is 40.5. The third kappa shape index (κ3) is 5.90. The highest BCUT2D eigenvalue weighted by Gasteiger charge is 2.47. The van der Waals surface area contributed by atoms with Crippen LogP contribution in [0.4, 0.5) is 17.1 Å². The molecule has 1 heterocycles. The number of nitrogens with zero attached hydrogens (tertiary/aromatic N) is 1. The van der Waals surface area contributed by atoms with Gasteiger partial charge in [0.2, 0.25) is 0 Å². The third-order valence-electron chi connectivity index (χ3n) is 15.2. The second-order valence-corrected chi connectivity index (χ2v) is 19.8. The van der Waals surface area contributed by atoms with Crippen LogP contribution in [0, 0.1) is 0 Å². The lowest BCUT2D eigenvalue weighted by Crippen LogP contribution is -2.29. The molecule has 0 unspecified atom stereocenters. The summed E-state index contributed by atoms with van der Waals surface area (Å²) in [5, 5.41) is 2.61. The quantitative estimate of drug-likeness (QED) is 0.147. The molecule has 0 bridgehead atoms. The van der Waals surface area contributed by atoms with Crippen molar-refractivity contribution in [1.82, 2.24) is 0 Å². The summed E-state index contributed by atoms with van der Waals surface area (Å²) in [6.07, 6.45) is 0. The van der Waals surface area contributed by atoms with Gasteiger partial charge in [-0.05, 0) is 132 Å². The van der Waals surface area contributed by atoms with Gasteiger partial charge in [0.05, 0.1) is 10.8 Å². The van der Waals surface area contributed by atoms with Crippen molar-refractivity contribution in [2.75, 3.05) is 4.90 Å². The van der Waals surface area contributed by atoms with Gasteiger partial charge >= 0.3 is 0 Å². The van der Waals surface area contributed by atoms with Gasteiger partial charge < -0.3 is 4.90 Å². The molecular formula is C68H45NS. The van der Waals surface area contributed by atoms with Crippen molar-refractivity contribution in [2.45, 2.75) is 10.8 Å². The molecule has 11 aromatic carbocycles. The lowest BCUT2D eigenvalue weighted by atomic mass is 9.67. The van der Waals surface area contributed by atoms with Gasteiger partial charge in [0, 0.05) is 37.2 Å². The average Bonchev–Trinajstić information content (AvgIpc) is 4.07. The summed E-state index contributed by atoms with van der Waals surface area (Å²) in [5.41, 5.74) is 19.9. The Bertz CT molecular complexity index is 3860. The molecule has 0 N–H and O–H groups in total. The van der Waals surface area contributed by atoms with E-state index in [1.54, 1.807) is 0 Å². The maximum absolute atomic E-state index is 2.48. The molecule has 0 saturated carbocycles. The zero-order valence-corrected chi connectivity index (χ0v) is 39.2. The van der Waals surface area contributed by atoms with Crippen LogP contribution in [0.2, 0.25) is 0 Å². The van der Waals surface area contributed by atoms with E-state index >= 15 is 0 Å². The van der Waals surface area contributed by atoms with Crippen molar-refractivity contribution in [3.8, 4) is 33.4 Å². The van der Waals surface area contributed by atoms with Crippen LogP contribution in [0.25, 0.3) is 53.6 Å². The van der Waals surface area contributed by atoms with Crippen molar-refractivity contribution in [2.24, 2.45) is 0 Å². The minimum absolute atomic E-state index is 0.494. The van der Waals surface area contributed by atoms with Gasteiger partial charge in [0.1, 0.15) is 0 Å². The van der Waals surface area contributed by atoms with Gasteiger partial charge in [0.25, 0.3) is 0 Å².